The lowest BCUT2D eigenvalue weighted by molar-refractivity contribution is -0.136. The number of nitrogens with one attached hydrogen (secondary N) is 2. The highest BCUT2D eigenvalue weighted by Crippen LogP contribution is 2.29. The average Bonchev–Trinajstić information content (AvgIpc) is 2.71. The lowest BCUT2D eigenvalue weighted by atomic mass is 10.2. The molecule has 0 heterocycles. The Balaban J connectivity index is 1.99. The molecule has 27 heavy (non-hydrogen) atoms. The van der Waals surface area contributed by atoms with Crippen LogP contribution in [0.1, 0.15) is 5.56 Å². The number of carbonyl (C=O) groups excluding carboxylic acids is 2. The van der Waals surface area contributed by atoms with E-state index in [1.165, 1.54) is 28.4 Å². The number of hydrogen-bond donors (Lipinski definition) is 2. The first-order valence-electron chi connectivity index (χ1n) is 8.04. The van der Waals surface area contributed by atoms with Crippen molar-refractivity contribution in [2.24, 2.45) is 0 Å². The van der Waals surface area contributed by atoms with Gasteiger partial charge in [-0.1, -0.05) is 6.07 Å². The van der Waals surface area contributed by atoms with Gasteiger partial charge in [-0.25, -0.2) is 0 Å². The summed E-state index contributed by atoms with van der Waals surface area (Å²) >= 11 is 0. The molecule has 0 atom stereocenters. The summed E-state index contributed by atoms with van der Waals surface area (Å²) < 4.78 is 20.7. The standard InChI is InChI=1S/C19H22N2O6/c1-24-13-6-7-14(16(10-13)26-3)21-19(23)18(22)20-11-12-5-8-15(25-2)17(9-12)27-4/h5-10H,11H2,1-4H3,(H,20,22)(H,21,23). The second kappa shape index (κ2) is 9.33. The third kappa shape index (κ3) is 5.04. The monoisotopic (exact) mass is 374 g/mol. The molecule has 2 N–H and O–H groups in total. The molecule has 0 aromatic heterocycles. The Morgan fingerprint density at radius 3 is 2.11 bits per heavy atom. The highest BCUT2D eigenvalue weighted by Gasteiger charge is 2.16. The van der Waals surface area contributed by atoms with Crippen molar-refractivity contribution in [3.8, 4) is 23.0 Å². The zero-order chi connectivity index (χ0) is 19.8. The zero-order valence-corrected chi connectivity index (χ0v) is 15.6. The van der Waals surface area contributed by atoms with Crippen LogP contribution < -0.4 is 29.6 Å². The molecule has 0 aliphatic carbocycles. The van der Waals surface area contributed by atoms with E-state index in [9.17, 15) is 9.59 Å². The van der Waals surface area contributed by atoms with Crippen molar-refractivity contribution in [2.45, 2.75) is 6.54 Å². The molecule has 8 heteroatoms. The van der Waals surface area contributed by atoms with Gasteiger partial charge in [0, 0.05) is 12.6 Å². The van der Waals surface area contributed by atoms with E-state index in [0.717, 1.165) is 5.56 Å². The van der Waals surface area contributed by atoms with E-state index in [1.54, 1.807) is 36.4 Å². The van der Waals surface area contributed by atoms with Gasteiger partial charge in [-0.2, -0.15) is 0 Å². The van der Waals surface area contributed by atoms with Crippen molar-refractivity contribution < 1.29 is 28.5 Å². The van der Waals surface area contributed by atoms with Gasteiger partial charge >= 0.3 is 11.8 Å². The minimum Gasteiger partial charge on any atom is -0.497 e. The first kappa shape index (κ1) is 19.9. The van der Waals surface area contributed by atoms with Crippen LogP contribution in [-0.4, -0.2) is 40.3 Å². The molecule has 0 aliphatic heterocycles. The maximum atomic E-state index is 12.1. The molecular formula is C19H22N2O6. The molecule has 0 aliphatic rings. The van der Waals surface area contributed by atoms with E-state index in [1.807, 2.05) is 0 Å². The normalized spacial score (nSPS) is 9.93. The van der Waals surface area contributed by atoms with Crippen molar-refractivity contribution in [2.75, 3.05) is 33.8 Å². The molecular weight excluding hydrogens is 352 g/mol. The fourth-order valence-corrected chi connectivity index (χ4v) is 2.33. The second-order valence-electron chi connectivity index (χ2n) is 5.39. The first-order chi connectivity index (χ1) is 13.0. The van der Waals surface area contributed by atoms with Crippen LogP contribution >= 0.6 is 0 Å². The van der Waals surface area contributed by atoms with Crippen LogP contribution in [0.15, 0.2) is 36.4 Å². The number of anilines is 1. The summed E-state index contributed by atoms with van der Waals surface area (Å²) in [5, 5.41) is 5.07. The van der Waals surface area contributed by atoms with Gasteiger partial charge in [0.25, 0.3) is 0 Å². The largest absolute Gasteiger partial charge is 0.497 e. The van der Waals surface area contributed by atoms with Gasteiger partial charge in [0.15, 0.2) is 11.5 Å². The zero-order valence-electron chi connectivity index (χ0n) is 15.6. The summed E-state index contributed by atoms with van der Waals surface area (Å²) in [4.78, 5) is 24.2. The summed E-state index contributed by atoms with van der Waals surface area (Å²) in [6.45, 7) is 0.159. The Labute approximate surface area is 157 Å². The Kier molecular flexibility index (Phi) is 6.87. The Morgan fingerprint density at radius 1 is 0.778 bits per heavy atom. The third-order valence-electron chi connectivity index (χ3n) is 3.76. The van der Waals surface area contributed by atoms with Crippen LogP contribution in [-0.2, 0) is 16.1 Å². The van der Waals surface area contributed by atoms with E-state index < -0.39 is 11.8 Å². The van der Waals surface area contributed by atoms with Gasteiger partial charge in [0.1, 0.15) is 11.5 Å². The summed E-state index contributed by atoms with van der Waals surface area (Å²) in [7, 11) is 6.04. The first-order valence-corrected chi connectivity index (χ1v) is 8.04. The van der Waals surface area contributed by atoms with Crippen molar-refractivity contribution >= 4 is 17.5 Å². The van der Waals surface area contributed by atoms with Gasteiger partial charge in [-0.05, 0) is 29.8 Å². The molecule has 0 unspecified atom stereocenters. The molecule has 2 rings (SSSR count). The predicted octanol–water partition coefficient (Wildman–Crippen LogP) is 1.98. The average molecular weight is 374 g/mol. The van der Waals surface area contributed by atoms with E-state index in [0.29, 0.717) is 28.7 Å². The van der Waals surface area contributed by atoms with Crippen LogP contribution in [0, 0.1) is 0 Å². The SMILES string of the molecule is COc1ccc(NC(=O)C(=O)NCc2ccc(OC)c(OC)c2)c(OC)c1. The third-order valence-corrected chi connectivity index (χ3v) is 3.76. The van der Waals surface area contributed by atoms with E-state index in [2.05, 4.69) is 10.6 Å². The van der Waals surface area contributed by atoms with Crippen LogP contribution in [0.4, 0.5) is 5.69 Å². The second-order valence-corrected chi connectivity index (χ2v) is 5.39. The van der Waals surface area contributed by atoms with Crippen LogP contribution in [0.25, 0.3) is 0 Å². The van der Waals surface area contributed by atoms with Gasteiger partial charge in [0.05, 0.1) is 34.1 Å². The number of hydrogen-bond acceptors (Lipinski definition) is 6. The molecule has 0 radical (unpaired) electrons. The molecule has 2 amide bonds. The van der Waals surface area contributed by atoms with Gasteiger partial charge in [-0.15, -0.1) is 0 Å². The molecule has 0 fully saturated rings. The summed E-state index contributed by atoms with van der Waals surface area (Å²) in [6.07, 6.45) is 0. The number of ether oxygens (including phenoxy) is 4. The molecule has 8 nitrogen and oxygen atoms in total. The van der Waals surface area contributed by atoms with Crippen LogP contribution in [0.3, 0.4) is 0 Å². The Bertz CT molecular complexity index is 822. The highest BCUT2D eigenvalue weighted by atomic mass is 16.5. The fourth-order valence-electron chi connectivity index (χ4n) is 2.33. The molecule has 0 saturated heterocycles. The summed E-state index contributed by atoms with van der Waals surface area (Å²) in [5.41, 5.74) is 1.13. The van der Waals surface area contributed by atoms with Crippen LogP contribution in [0.2, 0.25) is 0 Å². The topological polar surface area (TPSA) is 95.1 Å². The van der Waals surface area contributed by atoms with Gasteiger partial charge in [0.2, 0.25) is 0 Å². The van der Waals surface area contributed by atoms with Crippen LogP contribution in [0.5, 0.6) is 23.0 Å². The van der Waals surface area contributed by atoms with Crippen molar-refractivity contribution in [3.05, 3.63) is 42.0 Å². The number of benzene rings is 2. The minimum atomic E-state index is -0.807. The summed E-state index contributed by atoms with van der Waals surface area (Å²) in [6, 6.07) is 10.1. The molecule has 2 aromatic carbocycles. The minimum absolute atomic E-state index is 0.159. The lowest BCUT2D eigenvalue weighted by Crippen LogP contribution is -2.35. The fraction of sp³-hybridized carbons (Fsp3) is 0.263. The molecule has 0 bridgehead atoms. The van der Waals surface area contributed by atoms with Gasteiger partial charge < -0.3 is 29.6 Å². The number of amides is 2. The lowest BCUT2D eigenvalue weighted by Gasteiger charge is -2.12. The molecule has 0 saturated carbocycles. The maximum absolute atomic E-state index is 12.1. The number of rotatable bonds is 7. The van der Waals surface area contributed by atoms with Gasteiger partial charge in [-0.3, -0.25) is 9.59 Å². The van der Waals surface area contributed by atoms with Crippen molar-refractivity contribution in [1.82, 2.24) is 5.32 Å². The number of methoxy groups -OCH3 is 4. The Hall–Kier alpha value is -3.42. The van der Waals surface area contributed by atoms with E-state index in [4.69, 9.17) is 18.9 Å². The highest BCUT2D eigenvalue weighted by molar-refractivity contribution is 6.39. The van der Waals surface area contributed by atoms with Crippen molar-refractivity contribution in [1.29, 1.82) is 0 Å². The number of carbonyl (C=O) groups is 2. The smallest absolute Gasteiger partial charge is 0.313 e. The predicted molar refractivity (Wildman–Crippen MR) is 99.6 cm³/mol. The van der Waals surface area contributed by atoms with Crippen molar-refractivity contribution in [3.63, 3.8) is 0 Å². The summed E-state index contributed by atoms with van der Waals surface area (Å²) in [5.74, 6) is 0.494. The molecule has 0 spiro atoms. The van der Waals surface area contributed by atoms with E-state index in [-0.39, 0.29) is 6.54 Å². The maximum Gasteiger partial charge on any atom is 0.313 e. The molecule has 2 aromatic rings. The van der Waals surface area contributed by atoms with E-state index >= 15 is 0 Å². The Morgan fingerprint density at radius 2 is 1.48 bits per heavy atom. The quantitative estimate of drug-likeness (QED) is 0.720. The molecule has 144 valence electrons.